The summed E-state index contributed by atoms with van der Waals surface area (Å²) in [7, 11) is 0. The van der Waals surface area contributed by atoms with Crippen molar-refractivity contribution in [2.45, 2.75) is 44.4 Å². The Balaban J connectivity index is 1.59. The van der Waals surface area contributed by atoms with Gasteiger partial charge in [-0.25, -0.2) is 4.98 Å². The number of amides is 2. The number of hydrogen-bond acceptors (Lipinski definition) is 4. The summed E-state index contributed by atoms with van der Waals surface area (Å²) in [6.07, 6.45) is 0.256. The molecule has 0 spiro atoms. The van der Waals surface area contributed by atoms with Crippen LogP contribution in [0, 0.1) is 0 Å². The van der Waals surface area contributed by atoms with E-state index in [9.17, 15) is 14.4 Å². The first kappa shape index (κ1) is 17.4. The van der Waals surface area contributed by atoms with E-state index in [1.807, 2.05) is 42.5 Å². The molecule has 0 unspecified atom stereocenters. The molecule has 3 aliphatic rings. The first-order valence-corrected chi connectivity index (χ1v) is 10.2. The molecule has 4 atom stereocenters. The third-order valence-electron chi connectivity index (χ3n) is 6.79. The van der Waals surface area contributed by atoms with Gasteiger partial charge in [-0.3, -0.25) is 23.9 Å². The lowest BCUT2D eigenvalue weighted by Gasteiger charge is -2.41. The molecule has 0 saturated carbocycles. The molecular formula is C23H20N4O3. The lowest BCUT2D eigenvalue weighted by Crippen LogP contribution is -2.55. The molecule has 2 aromatic carbocycles. The summed E-state index contributed by atoms with van der Waals surface area (Å²) in [5.41, 5.74) is 2.39. The quantitative estimate of drug-likeness (QED) is 0.582. The monoisotopic (exact) mass is 400 g/mol. The van der Waals surface area contributed by atoms with Crippen LogP contribution in [-0.2, 0) is 9.59 Å². The average molecular weight is 400 g/mol. The van der Waals surface area contributed by atoms with Gasteiger partial charge in [-0.2, -0.15) is 0 Å². The van der Waals surface area contributed by atoms with Crippen LogP contribution >= 0.6 is 0 Å². The van der Waals surface area contributed by atoms with Crippen LogP contribution < -0.4 is 10.5 Å². The zero-order chi connectivity index (χ0) is 20.7. The Morgan fingerprint density at radius 2 is 1.80 bits per heavy atom. The Labute approximate surface area is 172 Å². The van der Waals surface area contributed by atoms with Gasteiger partial charge < -0.3 is 4.90 Å². The van der Waals surface area contributed by atoms with E-state index in [0.29, 0.717) is 23.1 Å². The second-order valence-corrected chi connectivity index (χ2v) is 8.30. The summed E-state index contributed by atoms with van der Waals surface area (Å²) >= 11 is 0. The fourth-order valence-electron chi connectivity index (χ4n) is 5.58. The normalized spacial score (nSPS) is 26.4. The summed E-state index contributed by atoms with van der Waals surface area (Å²) in [6, 6.07) is 14.1. The number of nitrogens with zero attached hydrogens (tertiary/aromatic N) is 4. The van der Waals surface area contributed by atoms with E-state index in [2.05, 4.69) is 0 Å². The number of fused-ring (bicyclic) bond motifs is 8. The smallest absolute Gasteiger partial charge is 0.262 e. The SMILES string of the molecule is CC(=O)N1c2ccccc2[C@@H]2C[C@H]3c4nc5ccccc5c(=O)n4[C@@H](C)C(=O)N3[C@@H]21. The van der Waals surface area contributed by atoms with Gasteiger partial charge in [-0.15, -0.1) is 0 Å². The number of carbonyl (C=O) groups is 2. The van der Waals surface area contributed by atoms with Gasteiger partial charge in [-0.05, 0) is 37.1 Å². The van der Waals surface area contributed by atoms with Gasteiger partial charge in [0.1, 0.15) is 18.0 Å². The minimum Gasteiger partial charge on any atom is -0.309 e. The molecule has 0 bridgehead atoms. The van der Waals surface area contributed by atoms with Gasteiger partial charge in [0.15, 0.2) is 0 Å². The molecule has 0 N–H and O–H groups in total. The molecule has 150 valence electrons. The van der Waals surface area contributed by atoms with E-state index < -0.39 is 6.04 Å². The summed E-state index contributed by atoms with van der Waals surface area (Å²) in [6.45, 7) is 3.28. The molecule has 0 aliphatic carbocycles. The largest absolute Gasteiger partial charge is 0.309 e. The Kier molecular flexibility index (Phi) is 3.35. The molecule has 7 heteroatoms. The zero-order valence-electron chi connectivity index (χ0n) is 16.6. The minimum absolute atomic E-state index is 0.00109. The van der Waals surface area contributed by atoms with Crippen molar-refractivity contribution in [3.63, 3.8) is 0 Å². The van der Waals surface area contributed by atoms with Crippen molar-refractivity contribution < 1.29 is 9.59 Å². The minimum atomic E-state index is -0.669. The van der Waals surface area contributed by atoms with Crippen LogP contribution in [0.25, 0.3) is 10.9 Å². The summed E-state index contributed by atoms with van der Waals surface area (Å²) in [4.78, 5) is 47.7. The van der Waals surface area contributed by atoms with Crippen LogP contribution in [0.2, 0.25) is 0 Å². The lowest BCUT2D eigenvalue weighted by atomic mass is 9.96. The maximum atomic E-state index is 13.5. The maximum Gasteiger partial charge on any atom is 0.262 e. The van der Waals surface area contributed by atoms with Gasteiger partial charge in [0.25, 0.3) is 5.56 Å². The standard InChI is InChI=1S/C23H20N4O3/c1-12-22(29)27-19(20-24-17-9-5-3-8-15(17)23(30)25(12)20)11-16-14-7-4-6-10-18(14)26(13(2)28)21(16)27/h3-10,12,16,19,21H,11H2,1-2H3/t12-,16-,19-,21-/m0/s1. The molecule has 4 heterocycles. The molecule has 1 fully saturated rings. The number of carbonyl (C=O) groups excluding carboxylic acids is 2. The van der Waals surface area contributed by atoms with Crippen molar-refractivity contribution in [2.24, 2.45) is 0 Å². The maximum absolute atomic E-state index is 13.5. The first-order chi connectivity index (χ1) is 14.5. The predicted octanol–water partition coefficient (Wildman–Crippen LogP) is 2.72. The van der Waals surface area contributed by atoms with Gasteiger partial charge in [0.2, 0.25) is 11.8 Å². The third kappa shape index (κ3) is 1.99. The Hall–Kier alpha value is -3.48. The molecule has 3 aliphatic heterocycles. The topological polar surface area (TPSA) is 75.5 Å². The van der Waals surface area contributed by atoms with Crippen LogP contribution in [0.1, 0.15) is 49.7 Å². The number of anilines is 1. The van der Waals surface area contributed by atoms with E-state index >= 15 is 0 Å². The number of hydrogen-bond donors (Lipinski definition) is 0. The van der Waals surface area contributed by atoms with Crippen molar-refractivity contribution in [3.05, 3.63) is 70.3 Å². The fourth-order valence-corrected chi connectivity index (χ4v) is 5.58. The van der Waals surface area contributed by atoms with E-state index in [1.54, 1.807) is 27.4 Å². The van der Waals surface area contributed by atoms with Crippen molar-refractivity contribution in [1.29, 1.82) is 0 Å². The van der Waals surface area contributed by atoms with Crippen molar-refractivity contribution in [3.8, 4) is 0 Å². The van der Waals surface area contributed by atoms with E-state index in [0.717, 1.165) is 11.3 Å². The molecule has 7 nitrogen and oxygen atoms in total. The van der Waals surface area contributed by atoms with Gasteiger partial charge in [0, 0.05) is 18.5 Å². The highest BCUT2D eigenvalue weighted by atomic mass is 16.2. The Bertz CT molecular complexity index is 1310. The van der Waals surface area contributed by atoms with Crippen molar-refractivity contribution >= 4 is 28.4 Å². The van der Waals surface area contributed by atoms with Crippen LogP contribution in [0.3, 0.4) is 0 Å². The molecule has 2 amide bonds. The van der Waals surface area contributed by atoms with E-state index in [4.69, 9.17) is 4.98 Å². The number of rotatable bonds is 0. The molecule has 1 aromatic heterocycles. The van der Waals surface area contributed by atoms with Crippen molar-refractivity contribution in [1.82, 2.24) is 14.5 Å². The van der Waals surface area contributed by atoms with Crippen molar-refractivity contribution in [2.75, 3.05) is 4.90 Å². The molecule has 6 rings (SSSR count). The second-order valence-electron chi connectivity index (χ2n) is 8.30. The Morgan fingerprint density at radius 3 is 2.60 bits per heavy atom. The van der Waals surface area contributed by atoms with Crippen LogP contribution in [0.15, 0.2) is 53.3 Å². The summed E-state index contributed by atoms with van der Waals surface area (Å²) in [5, 5.41) is 0.517. The number of aromatic nitrogens is 2. The van der Waals surface area contributed by atoms with E-state index in [-0.39, 0.29) is 35.5 Å². The molecule has 30 heavy (non-hydrogen) atoms. The highest BCUT2D eigenvalue weighted by molar-refractivity contribution is 5.97. The lowest BCUT2D eigenvalue weighted by molar-refractivity contribution is -0.140. The molecule has 0 radical (unpaired) electrons. The fraction of sp³-hybridized carbons (Fsp3) is 0.304. The summed E-state index contributed by atoms with van der Waals surface area (Å²) in [5.74, 6) is 0.381. The second kappa shape index (κ2) is 5.78. The number of para-hydroxylation sites is 2. The highest BCUT2D eigenvalue weighted by Gasteiger charge is 2.57. The molecule has 1 saturated heterocycles. The Morgan fingerprint density at radius 1 is 1.07 bits per heavy atom. The molecule has 3 aromatic rings. The predicted molar refractivity (Wildman–Crippen MR) is 111 cm³/mol. The zero-order valence-corrected chi connectivity index (χ0v) is 16.6. The van der Waals surface area contributed by atoms with E-state index in [1.165, 1.54) is 6.92 Å². The van der Waals surface area contributed by atoms with Gasteiger partial charge >= 0.3 is 0 Å². The van der Waals surface area contributed by atoms with Crippen LogP contribution in [0.5, 0.6) is 0 Å². The number of benzene rings is 2. The summed E-state index contributed by atoms with van der Waals surface area (Å²) < 4.78 is 1.55. The highest BCUT2D eigenvalue weighted by Crippen LogP contribution is 2.55. The van der Waals surface area contributed by atoms with Crippen LogP contribution in [-0.4, -0.2) is 32.4 Å². The van der Waals surface area contributed by atoms with Crippen LogP contribution in [0.4, 0.5) is 5.69 Å². The third-order valence-corrected chi connectivity index (χ3v) is 6.79. The van der Waals surface area contributed by atoms with Gasteiger partial charge in [0.05, 0.1) is 16.9 Å². The first-order valence-electron chi connectivity index (χ1n) is 10.2. The molecular weight excluding hydrogens is 380 g/mol. The van der Waals surface area contributed by atoms with Gasteiger partial charge in [-0.1, -0.05) is 30.3 Å². The average Bonchev–Trinajstić information content (AvgIpc) is 3.27.